The van der Waals surface area contributed by atoms with Gasteiger partial charge in [0.25, 0.3) is 0 Å². The highest BCUT2D eigenvalue weighted by Gasteiger charge is 2.53. The lowest BCUT2D eigenvalue weighted by molar-refractivity contribution is -0.288. The summed E-state index contributed by atoms with van der Waals surface area (Å²) in [6, 6.07) is 9.01. The molecule has 1 aliphatic heterocycles. The van der Waals surface area contributed by atoms with Gasteiger partial charge in [-0.3, -0.25) is 19.2 Å². The Kier molecular flexibility index (Phi) is 10.9. The molecule has 0 aromatic heterocycles. The largest absolute Gasteiger partial charge is 0.463 e. The molecule has 1 aliphatic rings. The maximum absolute atomic E-state index is 12.1. The van der Waals surface area contributed by atoms with Gasteiger partial charge in [0.15, 0.2) is 23.7 Å². The van der Waals surface area contributed by atoms with E-state index < -0.39 is 61.2 Å². The fraction of sp³-hybridized carbons (Fsp3) is 0.385. The molecule has 11 nitrogen and oxygen atoms in total. The van der Waals surface area contributed by atoms with E-state index in [9.17, 15) is 19.2 Å². The summed E-state index contributed by atoms with van der Waals surface area (Å²) in [6.45, 7) is 4.09. The number of hydrogen-bond acceptors (Lipinski definition) is 11. The van der Waals surface area contributed by atoms with Crippen LogP contribution in [0.2, 0.25) is 15.1 Å². The van der Waals surface area contributed by atoms with E-state index in [0.29, 0.717) is 5.02 Å². The fourth-order valence-corrected chi connectivity index (χ4v) is 4.35. The quantitative estimate of drug-likeness (QED) is 0.280. The Morgan fingerprint density at radius 2 is 1.25 bits per heavy atom. The highest BCUT2D eigenvalue weighted by Crippen LogP contribution is 2.40. The Morgan fingerprint density at radius 1 is 0.700 bits per heavy atom. The summed E-state index contributed by atoms with van der Waals surface area (Å²) in [6.07, 6.45) is -6.91. The van der Waals surface area contributed by atoms with Crippen LogP contribution in [-0.2, 0) is 42.9 Å². The van der Waals surface area contributed by atoms with Crippen LogP contribution in [0.1, 0.15) is 27.7 Å². The number of halogens is 3. The van der Waals surface area contributed by atoms with E-state index in [0.717, 1.165) is 20.8 Å². The standard InChI is InChI=1S/C26H25Cl3O11/c1-12(30)34-11-22-23(35-13(2)31)24(36-14(3)32)25(37-15(4)33)26(40-22)39-21-10-17(28)6-8-20(21)38-19-7-5-16(27)9-18(19)29/h5-10,22-26H,11H2,1-4H3/t22?,23-,24?,25+,26-/m1/s1. The predicted molar refractivity (Wildman–Crippen MR) is 141 cm³/mol. The van der Waals surface area contributed by atoms with E-state index in [4.69, 9.17) is 68.0 Å². The van der Waals surface area contributed by atoms with Gasteiger partial charge in [0.2, 0.25) is 12.4 Å². The minimum Gasteiger partial charge on any atom is -0.463 e. The minimum atomic E-state index is -1.50. The zero-order valence-electron chi connectivity index (χ0n) is 21.7. The number of rotatable bonds is 9. The van der Waals surface area contributed by atoms with Crippen molar-refractivity contribution in [2.24, 2.45) is 0 Å². The molecule has 1 saturated heterocycles. The van der Waals surface area contributed by atoms with Crippen molar-refractivity contribution in [3.63, 3.8) is 0 Å². The molecule has 0 N–H and O–H groups in total. The van der Waals surface area contributed by atoms with Crippen LogP contribution < -0.4 is 9.47 Å². The molecule has 0 amide bonds. The molecule has 14 heteroatoms. The molecule has 0 radical (unpaired) electrons. The summed E-state index contributed by atoms with van der Waals surface area (Å²) in [4.78, 5) is 47.6. The molecule has 0 spiro atoms. The molecule has 0 bridgehead atoms. The number of hydrogen-bond donors (Lipinski definition) is 0. The predicted octanol–water partition coefficient (Wildman–Crippen LogP) is 4.90. The fourth-order valence-electron chi connectivity index (χ4n) is 3.74. The van der Waals surface area contributed by atoms with Gasteiger partial charge in [-0.05, 0) is 30.3 Å². The third-order valence-electron chi connectivity index (χ3n) is 5.21. The van der Waals surface area contributed by atoms with Crippen molar-refractivity contribution in [3.8, 4) is 17.2 Å². The third kappa shape index (κ3) is 8.62. The van der Waals surface area contributed by atoms with E-state index in [2.05, 4.69) is 0 Å². The molecular formula is C26H25Cl3O11. The van der Waals surface area contributed by atoms with Crippen LogP contribution in [0.4, 0.5) is 0 Å². The van der Waals surface area contributed by atoms with Gasteiger partial charge < -0.3 is 33.2 Å². The molecular weight excluding hydrogens is 595 g/mol. The summed E-state index contributed by atoms with van der Waals surface area (Å²) in [5, 5.41) is 0.846. The zero-order chi connectivity index (χ0) is 29.6. The number of ether oxygens (including phenoxy) is 7. The molecule has 0 aliphatic carbocycles. The normalized spacial score (nSPS) is 22.0. The van der Waals surface area contributed by atoms with Gasteiger partial charge in [-0.2, -0.15) is 0 Å². The number of esters is 4. The highest BCUT2D eigenvalue weighted by atomic mass is 35.5. The SMILES string of the molecule is CC(=O)OCC1O[C@@H](Oc2cc(Cl)ccc2Oc2ccc(Cl)cc2Cl)[C@@H](OC(C)=O)C(OC(C)=O)[C@@H]1OC(C)=O. The number of carbonyl (C=O) groups excluding carboxylic acids is 4. The summed E-state index contributed by atoms with van der Waals surface area (Å²) in [7, 11) is 0. The smallest absolute Gasteiger partial charge is 0.303 e. The lowest BCUT2D eigenvalue weighted by Crippen LogP contribution is -2.63. The van der Waals surface area contributed by atoms with Crippen LogP contribution in [0.5, 0.6) is 17.2 Å². The molecule has 2 unspecified atom stereocenters. The number of carbonyl (C=O) groups is 4. The summed E-state index contributed by atoms with van der Waals surface area (Å²) in [5.74, 6) is -2.60. The van der Waals surface area contributed by atoms with Crippen LogP contribution in [0, 0.1) is 0 Å². The van der Waals surface area contributed by atoms with E-state index in [1.54, 1.807) is 6.07 Å². The average Bonchev–Trinajstić information content (AvgIpc) is 2.84. The van der Waals surface area contributed by atoms with Gasteiger partial charge in [-0.25, -0.2) is 0 Å². The molecule has 216 valence electrons. The van der Waals surface area contributed by atoms with Crippen LogP contribution in [0.3, 0.4) is 0 Å². The number of benzene rings is 2. The van der Waals surface area contributed by atoms with E-state index >= 15 is 0 Å². The maximum Gasteiger partial charge on any atom is 0.303 e. The second-order valence-corrected chi connectivity index (χ2v) is 9.73. The minimum absolute atomic E-state index is 0.0133. The van der Waals surface area contributed by atoms with Crippen molar-refractivity contribution in [2.45, 2.75) is 58.4 Å². The average molecular weight is 620 g/mol. The van der Waals surface area contributed by atoms with Gasteiger partial charge in [0, 0.05) is 43.8 Å². The summed E-state index contributed by atoms with van der Waals surface area (Å²) < 4.78 is 39.2. The molecule has 2 aromatic carbocycles. The molecule has 1 heterocycles. The first-order valence-electron chi connectivity index (χ1n) is 11.7. The van der Waals surface area contributed by atoms with E-state index in [1.807, 2.05) is 0 Å². The van der Waals surface area contributed by atoms with Gasteiger partial charge in [0.05, 0.1) is 5.02 Å². The summed E-state index contributed by atoms with van der Waals surface area (Å²) in [5.41, 5.74) is 0. The van der Waals surface area contributed by atoms with Crippen LogP contribution in [-0.4, -0.2) is 61.2 Å². The van der Waals surface area contributed by atoms with Crippen molar-refractivity contribution in [3.05, 3.63) is 51.5 Å². The van der Waals surface area contributed by atoms with Gasteiger partial charge >= 0.3 is 23.9 Å². The Morgan fingerprint density at radius 3 is 1.82 bits per heavy atom. The lowest BCUT2D eigenvalue weighted by Gasteiger charge is -2.44. The molecule has 40 heavy (non-hydrogen) atoms. The first-order chi connectivity index (χ1) is 18.8. The topological polar surface area (TPSA) is 133 Å². The molecule has 1 fully saturated rings. The lowest BCUT2D eigenvalue weighted by atomic mass is 9.98. The second kappa shape index (κ2) is 13.9. The van der Waals surface area contributed by atoms with Gasteiger partial charge in [-0.15, -0.1) is 0 Å². The third-order valence-corrected chi connectivity index (χ3v) is 5.98. The molecule has 3 rings (SSSR count). The highest BCUT2D eigenvalue weighted by molar-refractivity contribution is 6.35. The molecule has 2 aromatic rings. The van der Waals surface area contributed by atoms with Crippen molar-refractivity contribution in [1.82, 2.24) is 0 Å². The van der Waals surface area contributed by atoms with E-state index in [1.165, 1.54) is 37.3 Å². The first-order valence-corrected chi connectivity index (χ1v) is 12.9. The zero-order valence-corrected chi connectivity index (χ0v) is 24.0. The second-order valence-electron chi connectivity index (χ2n) is 8.45. The van der Waals surface area contributed by atoms with Crippen LogP contribution in [0.15, 0.2) is 36.4 Å². The van der Waals surface area contributed by atoms with Gasteiger partial charge in [-0.1, -0.05) is 34.8 Å². The van der Waals surface area contributed by atoms with E-state index in [-0.39, 0.29) is 27.3 Å². The Hall–Kier alpha value is -3.25. The Bertz CT molecular complexity index is 1270. The van der Waals surface area contributed by atoms with Crippen LogP contribution >= 0.6 is 34.8 Å². The monoisotopic (exact) mass is 618 g/mol. The van der Waals surface area contributed by atoms with Crippen molar-refractivity contribution in [1.29, 1.82) is 0 Å². The Labute approximate surface area is 244 Å². The maximum atomic E-state index is 12.1. The van der Waals surface area contributed by atoms with Crippen molar-refractivity contribution in [2.75, 3.05) is 6.61 Å². The Balaban J connectivity index is 2.04. The van der Waals surface area contributed by atoms with Gasteiger partial charge in [0.1, 0.15) is 18.5 Å². The molecule has 0 saturated carbocycles. The first kappa shape index (κ1) is 31.3. The van der Waals surface area contributed by atoms with Crippen molar-refractivity contribution < 1.29 is 52.3 Å². The van der Waals surface area contributed by atoms with Crippen molar-refractivity contribution >= 4 is 58.7 Å². The molecule has 5 atom stereocenters. The van der Waals surface area contributed by atoms with Crippen LogP contribution in [0.25, 0.3) is 0 Å². The summed E-state index contributed by atoms with van der Waals surface area (Å²) >= 11 is 18.4.